The maximum Gasteiger partial charge on any atom is 0.261 e. The van der Waals surface area contributed by atoms with E-state index < -0.39 is 20.2 Å². The van der Waals surface area contributed by atoms with Gasteiger partial charge in [-0.1, -0.05) is 118 Å². The number of aromatic hydroxyl groups is 1. The summed E-state index contributed by atoms with van der Waals surface area (Å²) in [5.74, 6) is -0.920. The van der Waals surface area contributed by atoms with Crippen LogP contribution < -0.4 is 10.4 Å². The van der Waals surface area contributed by atoms with Gasteiger partial charge in [-0.15, -0.1) is 0 Å². The molecule has 4 aliphatic rings. The zero-order chi connectivity index (χ0) is 39.7. The third-order valence-corrected chi connectivity index (χ3v) is 18.2. The van der Waals surface area contributed by atoms with Crippen LogP contribution in [-0.4, -0.2) is 60.5 Å². The number of hydrogen-bond donors (Lipinski definition) is 1. The van der Waals surface area contributed by atoms with Crippen molar-refractivity contribution in [3.63, 3.8) is 0 Å². The highest BCUT2D eigenvalue weighted by Crippen LogP contribution is 2.51. The van der Waals surface area contributed by atoms with Crippen molar-refractivity contribution in [3.05, 3.63) is 131 Å². The lowest BCUT2D eigenvalue weighted by atomic mass is 9.69. The van der Waals surface area contributed by atoms with Crippen molar-refractivity contribution in [1.29, 1.82) is 0 Å². The van der Waals surface area contributed by atoms with Crippen LogP contribution in [0.5, 0.6) is 5.75 Å². The van der Waals surface area contributed by atoms with Crippen molar-refractivity contribution in [3.8, 4) is 5.75 Å². The van der Waals surface area contributed by atoms with E-state index in [4.69, 9.17) is 25.7 Å². The summed E-state index contributed by atoms with van der Waals surface area (Å²) in [6, 6.07) is 32.2. The molecule has 2 aliphatic heterocycles. The molecule has 9 heteroatoms. The van der Waals surface area contributed by atoms with Gasteiger partial charge in [0.1, 0.15) is 5.75 Å². The van der Waals surface area contributed by atoms with Gasteiger partial charge in [-0.05, 0) is 106 Å². The van der Waals surface area contributed by atoms with Crippen LogP contribution in [0.25, 0.3) is 11.6 Å². The van der Waals surface area contributed by atoms with Gasteiger partial charge in [0.15, 0.2) is 0 Å². The Morgan fingerprint density at radius 1 is 0.912 bits per heavy atom. The highest BCUT2D eigenvalue weighted by atomic mass is 35.5. The van der Waals surface area contributed by atoms with E-state index in [0.717, 1.165) is 60.1 Å². The summed E-state index contributed by atoms with van der Waals surface area (Å²) >= 11 is 6.60. The van der Waals surface area contributed by atoms with E-state index in [1.54, 1.807) is 23.2 Å². The first kappa shape index (κ1) is 39.5. The zero-order valence-electron chi connectivity index (χ0n) is 33.2. The van der Waals surface area contributed by atoms with E-state index in [0.29, 0.717) is 37.5 Å². The van der Waals surface area contributed by atoms with Crippen LogP contribution in [0.15, 0.2) is 114 Å². The first-order valence-electron chi connectivity index (χ1n) is 20.6. The third kappa shape index (κ3) is 7.58. The van der Waals surface area contributed by atoms with Crippen molar-refractivity contribution >= 4 is 53.8 Å². The van der Waals surface area contributed by atoms with E-state index in [1.165, 1.54) is 10.4 Å². The molecule has 57 heavy (non-hydrogen) atoms. The number of amides is 2. The number of imide groups is 1. The SMILES string of the molecule is CC(C)(C)[Si](OCC1=C2[C@@H](CC/C(=C/c3ccc(O)cc3Cl)c3ccccn3)OC[C@@H]2[C@@H]2C(=O)N(C3CCCCC3)C(=O)[C@@H]2C1)(c1ccccc1)c1ccccc1. The lowest BCUT2D eigenvalue weighted by Gasteiger charge is -2.44. The Morgan fingerprint density at radius 3 is 2.23 bits per heavy atom. The number of halogens is 1. The Hall–Kier alpha value is -4.34. The molecule has 4 aromatic rings. The molecule has 2 aliphatic carbocycles. The molecular weight excluding hydrogens is 748 g/mol. The third-order valence-electron chi connectivity index (χ3n) is 12.8. The fourth-order valence-electron chi connectivity index (χ4n) is 10.2. The minimum atomic E-state index is -2.92. The summed E-state index contributed by atoms with van der Waals surface area (Å²) in [6.45, 7) is 7.61. The van der Waals surface area contributed by atoms with Crippen LogP contribution in [0.3, 0.4) is 0 Å². The molecule has 3 heterocycles. The largest absolute Gasteiger partial charge is 0.508 e. The number of carbonyl (C=O) groups excluding carboxylic acids is 2. The minimum Gasteiger partial charge on any atom is -0.508 e. The van der Waals surface area contributed by atoms with Gasteiger partial charge in [0, 0.05) is 18.2 Å². The number of likely N-dealkylation sites (tertiary alicyclic amines) is 1. The van der Waals surface area contributed by atoms with E-state index in [9.17, 15) is 14.7 Å². The first-order chi connectivity index (χ1) is 27.6. The minimum absolute atomic E-state index is 0.00602. The molecule has 2 amide bonds. The maximum absolute atomic E-state index is 14.5. The fraction of sp³-hybridized carbons (Fsp3) is 0.396. The number of aromatic nitrogens is 1. The number of rotatable bonds is 11. The smallest absolute Gasteiger partial charge is 0.261 e. The maximum atomic E-state index is 14.5. The van der Waals surface area contributed by atoms with E-state index in [2.05, 4.69) is 81.4 Å². The second-order valence-corrected chi connectivity index (χ2v) is 22.0. The number of pyridine rings is 1. The number of nitrogens with zero attached hydrogens (tertiary/aromatic N) is 2. The Bertz CT molecular complexity index is 2110. The molecule has 1 N–H and O–H groups in total. The van der Waals surface area contributed by atoms with Gasteiger partial charge < -0.3 is 14.3 Å². The molecule has 1 aromatic heterocycles. The van der Waals surface area contributed by atoms with E-state index >= 15 is 0 Å². The standard InChI is InChI=1S/C48H53ClN2O5Si/c1-48(2,3)57(37-17-9-5-10-18-37,38-19-11-6-12-20-38)56-30-34-28-39-45(47(54)51(46(39)53)35-15-7-4-8-16-35)40-31-55-43(44(34)40)25-23-33(42-21-13-14-26-50-42)27-32-22-24-36(52)29-41(32)49/h5-6,9-14,17-22,24,26-27,29,35,39-40,43,45,52H,4,7-8,15-16,23,25,28,30-31H2,1-3H3/b33-27-/t39-,40+,43-,45-/m1/s1. The summed E-state index contributed by atoms with van der Waals surface area (Å²) in [7, 11) is -2.92. The number of carbonyl (C=O) groups is 2. The Labute approximate surface area is 342 Å². The topological polar surface area (TPSA) is 89.0 Å². The van der Waals surface area contributed by atoms with Crippen LogP contribution in [0.4, 0.5) is 0 Å². The van der Waals surface area contributed by atoms with Crippen molar-refractivity contribution in [2.45, 2.75) is 89.3 Å². The van der Waals surface area contributed by atoms with Gasteiger partial charge >= 0.3 is 0 Å². The van der Waals surface area contributed by atoms with Crippen LogP contribution in [0, 0.1) is 17.8 Å². The Balaban J connectivity index is 1.18. The summed E-state index contributed by atoms with van der Waals surface area (Å²) in [5.41, 5.74) is 4.86. The van der Waals surface area contributed by atoms with Crippen molar-refractivity contribution in [2.24, 2.45) is 17.8 Å². The molecule has 3 aromatic carbocycles. The Kier molecular flexibility index (Phi) is 11.4. The summed E-state index contributed by atoms with van der Waals surface area (Å²) in [6.07, 6.45) is 10.4. The quantitative estimate of drug-likeness (QED) is 0.0926. The average Bonchev–Trinajstić information content (AvgIpc) is 3.75. The van der Waals surface area contributed by atoms with Crippen molar-refractivity contribution in [2.75, 3.05) is 13.2 Å². The number of fused-ring (bicyclic) bond motifs is 3. The first-order valence-corrected chi connectivity index (χ1v) is 22.9. The van der Waals surface area contributed by atoms with Gasteiger partial charge in [0.05, 0.1) is 41.9 Å². The Morgan fingerprint density at radius 2 is 1.60 bits per heavy atom. The van der Waals surface area contributed by atoms with Crippen LogP contribution in [0.2, 0.25) is 10.1 Å². The molecule has 1 saturated carbocycles. The lowest BCUT2D eigenvalue weighted by Crippen LogP contribution is -2.66. The monoisotopic (exact) mass is 800 g/mol. The molecule has 4 atom stereocenters. The van der Waals surface area contributed by atoms with Crippen molar-refractivity contribution < 1.29 is 23.9 Å². The molecular formula is C48H53ClN2O5Si. The van der Waals surface area contributed by atoms with Gasteiger partial charge in [0.2, 0.25) is 11.8 Å². The van der Waals surface area contributed by atoms with E-state index in [1.807, 2.05) is 30.3 Å². The molecule has 3 fully saturated rings. The molecule has 2 saturated heterocycles. The molecule has 0 unspecified atom stereocenters. The number of phenols is 1. The number of allylic oxidation sites excluding steroid dienone is 1. The molecule has 0 bridgehead atoms. The zero-order valence-corrected chi connectivity index (χ0v) is 35.0. The van der Waals surface area contributed by atoms with Gasteiger partial charge in [0.25, 0.3) is 8.32 Å². The molecule has 7 nitrogen and oxygen atoms in total. The normalized spacial score (nSPS) is 23.2. The van der Waals surface area contributed by atoms with Crippen LogP contribution in [-0.2, 0) is 18.8 Å². The highest BCUT2D eigenvalue weighted by Gasteiger charge is 2.59. The van der Waals surface area contributed by atoms with Gasteiger partial charge in [-0.25, -0.2) is 0 Å². The predicted octanol–water partition coefficient (Wildman–Crippen LogP) is 8.99. The molecule has 0 radical (unpaired) electrons. The van der Waals surface area contributed by atoms with Gasteiger partial charge in [-0.2, -0.15) is 0 Å². The summed E-state index contributed by atoms with van der Waals surface area (Å²) < 4.78 is 14.3. The van der Waals surface area contributed by atoms with Crippen molar-refractivity contribution in [1.82, 2.24) is 9.88 Å². The molecule has 296 valence electrons. The number of benzene rings is 3. The summed E-state index contributed by atoms with van der Waals surface area (Å²) in [4.78, 5) is 35.3. The van der Waals surface area contributed by atoms with Crippen LogP contribution in [0.1, 0.15) is 83.4 Å². The molecule has 0 spiro atoms. The number of hydrogen-bond acceptors (Lipinski definition) is 6. The second kappa shape index (κ2) is 16.5. The predicted molar refractivity (Wildman–Crippen MR) is 229 cm³/mol. The number of ether oxygens (including phenoxy) is 1. The lowest BCUT2D eigenvalue weighted by molar-refractivity contribution is -0.143. The van der Waals surface area contributed by atoms with E-state index in [-0.39, 0.29) is 40.7 Å². The fourth-order valence-corrected chi connectivity index (χ4v) is 15.0. The summed E-state index contributed by atoms with van der Waals surface area (Å²) in [5, 5.41) is 12.7. The highest BCUT2D eigenvalue weighted by molar-refractivity contribution is 6.99. The average molecular weight is 801 g/mol. The second-order valence-electron chi connectivity index (χ2n) is 17.2. The van der Waals surface area contributed by atoms with Gasteiger partial charge in [-0.3, -0.25) is 19.5 Å². The van der Waals surface area contributed by atoms with Crippen LogP contribution >= 0.6 is 11.6 Å². The molecule has 8 rings (SSSR count). The number of phenolic OH excluding ortho intramolecular Hbond substituents is 1.